The predicted molar refractivity (Wildman–Crippen MR) is 102 cm³/mol. The fourth-order valence-electron chi connectivity index (χ4n) is 3.20. The zero-order chi connectivity index (χ0) is 17.7. The molecule has 2 atom stereocenters. The van der Waals surface area contributed by atoms with Gasteiger partial charge >= 0.3 is 0 Å². The normalized spacial score (nSPS) is 14.4. The molecule has 0 aromatic carbocycles. The van der Waals surface area contributed by atoms with E-state index in [1.165, 1.54) is 51.4 Å². The lowest BCUT2D eigenvalue weighted by molar-refractivity contribution is -0.0765. The second kappa shape index (κ2) is 14.0. The van der Waals surface area contributed by atoms with Crippen LogP contribution < -0.4 is 0 Å². The van der Waals surface area contributed by atoms with E-state index in [1.54, 1.807) is 14.2 Å². The molecule has 0 aliphatic carbocycles. The lowest BCUT2D eigenvalue weighted by Gasteiger charge is -2.18. The summed E-state index contributed by atoms with van der Waals surface area (Å²) in [6.07, 6.45) is 11.5. The van der Waals surface area contributed by atoms with Crippen molar-refractivity contribution in [1.82, 2.24) is 0 Å². The highest BCUT2D eigenvalue weighted by Gasteiger charge is 2.11. The minimum absolute atomic E-state index is 0.239. The highest BCUT2D eigenvalue weighted by atomic mass is 16.7. The molecule has 0 amide bonds. The molecular formula is C21H42O2. The number of methoxy groups -OCH3 is 2. The van der Waals surface area contributed by atoms with Gasteiger partial charge in [-0.1, -0.05) is 79.2 Å². The lowest BCUT2D eigenvalue weighted by Crippen LogP contribution is -2.15. The highest BCUT2D eigenvalue weighted by molar-refractivity contribution is 4.98. The fraction of sp³-hybridized carbons (Fsp3) is 0.905. The van der Waals surface area contributed by atoms with Crippen LogP contribution in [0.15, 0.2) is 12.2 Å². The summed E-state index contributed by atoms with van der Waals surface area (Å²) in [6.45, 7) is 13.5. The largest absolute Gasteiger partial charge is 0.352 e. The first-order valence-corrected chi connectivity index (χ1v) is 9.63. The Morgan fingerprint density at radius 2 is 1.17 bits per heavy atom. The van der Waals surface area contributed by atoms with Gasteiger partial charge in [-0.05, 0) is 36.2 Å². The molecule has 2 nitrogen and oxygen atoms in total. The summed E-state index contributed by atoms with van der Waals surface area (Å²) in [7, 11) is 3.34. The molecule has 0 aromatic heterocycles. The first-order chi connectivity index (χ1) is 10.9. The Bertz CT molecular complexity index is 282. The van der Waals surface area contributed by atoms with E-state index in [4.69, 9.17) is 9.47 Å². The second-order valence-corrected chi connectivity index (χ2v) is 7.82. The van der Waals surface area contributed by atoms with Gasteiger partial charge in [0, 0.05) is 14.2 Å². The number of hydrogen-bond donors (Lipinski definition) is 0. The van der Waals surface area contributed by atoms with E-state index in [0.717, 1.165) is 29.7 Å². The Labute approximate surface area is 146 Å². The Balaban J connectivity index is 3.63. The molecule has 0 aliphatic rings. The van der Waals surface area contributed by atoms with Crippen LogP contribution in [0, 0.1) is 17.8 Å². The van der Waals surface area contributed by atoms with Crippen LogP contribution in [0.25, 0.3) is 0 Å². The Morgan fingerprint density at radius 3 is 1.61 bits per heavy atom. The van der Waals surface area contributed by atoms with E-state index in [1.807, 2.05) is 0 Å². The van der Waals surface area contributed by atoms with Crippen molar-refractivity contribution >= 4 is 0 Å². The van der Waals surface area contributed by atoms with Crippen molar-refractivity contribution in [2.75, 3.05) is 14.2 Å². The van der Waals surface area contributed by atoms with Gasteiger partial charge in [0.2, 0.25) is 0 Å². The topological polar surface area (TPSA) is 18.5 Å². The molecule has 138 valence electrons. The molecule has 0 heterocycles. The van der Waals surface area contributed by atoms with Crippen molar-refractivity contribution < 1.29 is 9.47 Å². The van der Waals surface area contributed by atoms with E-state index in [-0.39, 0.29) is 6.29 Å². The monoisotopic (exact) mass is 326 g/mol. The third kappa shape index (κ3) is 12.7. The molecule has 0 saturated carbocycles. The summed E-state index contributed by atoms with van der Waals surface area (Å²) in [5.41, 5.74) is 1.06. The summed E-state index contributed by atoms with van der Waals surface area (Å²) < 4.78 is 10.5. The van der Waals surface area contributed by atoms with Crippen molar-refractivity contribution in [2.24, 2.45) is 17.8 Å². The number of rotatable bonds is 15. The first-order valence-electron chi connectivity index (χ1n) is 9.63. The second-order valence-electron chi connectivity index (χ2n) is 7.82. The van der Waals surface area contributed by atoms with Crippen LogP contribution in [-0.4, -0.2) is 20.5 Å². The molecule has 0 aromatic rings. The number of ether oxygens (including phenoxy) is 2. The highest BCUT2D eigenvalue weighted by Crippen LogP contribution is 2.22. The van der Waals surface area contributed by atoms with E-state index >= 15 is 0 Å². The van der Waals surface area contributed by atoms with Crippen LogP contribution in [0.5, 0.6) is 0 Å². The molecule has 0 bridgehead atoms. The van der Waals surface area contributed by atoms with E-state index in [0.29, 0.717) is 0 Å². The molecule has 23 heavy (non-hydrogen) atoms. The molecule has 0 fully saturated rings. The van der Waals surface area contributed by atoms with Gasteiger partial charge in [0.1, 0.15) is 0 Å². The summed E-state index contributed by atoms with van der Waals surface area (Å²) in [5, 5.41) is 0. The Hall–Kier alpha value is -0.340. The lowest BCUT2D eigenvalue weighted by atomic mass is 9.91. The molecule has 2 heteroatoms. The van der Waals surface area contributed by atoms with Gasteiger partial charge in [-0.2, -0.15) is 0 Å². The van der Waals surface area contributed by atoms with Gasteiger partial charge in [-0.3, -0.25) is 0 Å². The van der Waals surface area contributed by atoms with Crippen LogP contribution >= 0.6 is 0 Å². The van der Waals surface area contributed by atoms with Crippen LogP contribution in [-0.2, 0) is 9.47 Å². The van der Waals surface area contributed by atoms with Crippen molar-refractivity contribution in [3.05, 3.63) is 12.2 Å². The molecule has 0 radical (unpaired) electrons. The van der Waals surface area contributed by atoms with Crippen LogP contribution in [0.1, 0.15) is 85.5 Å². The average molecular weight is 327 g/mol. The summed E-state index contributed by atoms with van der Waals surface area (Å²) >= 11 is 0. The van der Waals surface area contributed by atoms with Gasteiger partial charge in [0.05, 0.1) is 0 Å². The zero-order valence-electron chi connectivity index (χ0n) is 16.7. The van der Waals surface area contributed by atoms with E-state index < -0.39 is 0 Å². The molecule has 0 N–H and O–H groups in total. The maximum atomic E-state index is 5.24. The fourth-order valence-corrected chi connectivity index (χ4v) is 3.20. The predicted octanol–water partition coefficient (Wildman–Crippen LogP) is 6.60. The molecule has 0 saturated heterocycles. The first kappa shape index (κ1) is 22.7. The maximum absolute atomic E-state index is 5.24. The van der Waals surface area contributed by atoms with E-state index in [9.17, 15) is 0 Å². The third-order valence-electron chi connectivity index (χ3n) is 4.83. The Morgan fingerprint density at radius 1 is 0.739 bits per heavy atom. The summed E-state index contributed by atoms with van der Waals surface area (Å²) in [6, 6.07) is 0. The Kier molecular flexibility index (Phi) is 13.8. The van der Waals surface area contributed by atoms with Crippen LogP contribution in [0.2, 0.25) is 0 Å². The average Bonchev–Trinajstić information content (AvgIpc) is 2.48. The van der Waals surface area contributed by atoms with Crippen LogP contribution in [0.4, 0.5) is 0 Å². The van der Waals surface area contributed by atoms with Crippen LogP contribution in [0.3, 0.4) is 0 Å². The molecule has 0 spiro atoms. The van der Waals surface area contributed by atoms with Gasteiger partial charge in [-0.25, -0.2) is 0 Å². The SMILES string of the molecule is C=C(CCCC(C)CCCC(C)CCCC(C)C)C(OC)OC. The third-order valence-corrected chi connectivity index (χ3v) is 4.83. The molecule has 0 rings (SSSR count). The van der Waals surface area contributed by atoms with E-state index in [2.05, 4.69) is 34.3 Å². The van der Waals surface area contributed by atoms with Gasteiger partial charge in [0.15, 0.2) is 6.29 Å². The smallest absolute Gasteiger partial charge is 0.178 e. The maximum Gasteiger partial charge on any atom is 0.178 e. The molecule has 0 aliphatic heterocycles. The minimum atomic E-state index is -0.239. The van der Waals surface area contributed by atoms with Gasteiger partial charge < -0.3 is 9.47 Å². The van der Waals surface area contributed by atoms with Gasteiger partial charge in [0.25, 0.3) is 0 Å². The molecule has 2 unspecified atom stereocenters. The van der Waals surface area contributed by atoms with Crippen molar-refractivity contribution in [3.63, 3.8) is 0 Å². The quantitative estimate of drug-likeness (QED) is 0.249. The van der Waals surface area contributed by atoms with Crippen molar-refractivity contribution in [2.45, 2.75) is 91.8 Å². The standard InChI is InChI=1S/C21H42O2/c1-17(2)11-8-12-18(3)13-9-14-19(4)15-10-16-20(5)21(22-6)23-7/h17-19,21H,5,8-16H2,1-4,6-7H3. The molecular weight excluding hydrogens is 284 g/mol. The number of hydrogen-bond acceptors (Lipinski definition) is 2. The minimum Gasteiger partial charge on any atom is -0.352 e. The summed E-state index contributed by atoms with van der Waals surface area (Å²) in [5.74, 6) is 2.56. The zero-order valence-corrected chi connectivity index (χ0v) is 16.7. The van der Waals surface area contributed by atoms with Crippen molar-refractivity contribution in [1.29, 1.82) is 0 Å². The summed E-state index contributed by atoms with van der Waals surface area (Å²) in [4.78, 5) is 0. The van der Waals surface area contributed by atoms with Crippen molar-refractivity contribution in [3.8, 4) is 0 Å². The van der Waals surface area contributed by atoms with Gasteiger partial charge in [-0.15, -0.1) is 0 Å².